The second-order valence-electron chi connectivity index (χ2n) is 3.88. The van der Waals surface area contributed by atoms with Gasteiger partial charge < -0.3 is 14.6 Å². The number of nitrogens with one attached hydrogen (secondary N) is 1. The van der Waals surface area contributed by atoms with Gasteiger partial charge in [0.1, 0.15) is 5.75 Å². The van der Waals surface area contributed by atoms with Gasteiger partial charge in [-0.15, -0.1) is 0 Å². The van der Waals surface area contributed by atoms with Crippen molar-refractivity contribution in [2.45, 2.75) is 26.5 Å². The molecular formula is C13H17N3O2. The van der Waals surface area contributed by atoms with Crippen LogP contribution in [0, 0.1) is 0 Å². The molecule has 1 N–H and O–H groups in total. The third-order valence-corrected chi connectivity index (χ3v) is 2.51. The second-order valence-corrected chi connectivity index (χ2v) is 3.88. The van der Waals surface area contributed by atoms with E-state index in [1.807, 2.05) is 38.2 Å². The number of rotatable bonds is 6. The van der Waals surface area contributed by atoms with Gasteiger partial charge in [-0.2, -0.15) is 4.98 Å². The Bertz CT molecular complexity index is 496. The Labute approximate surface area is 106 Å². The van der Waals surface area contributed by atoms with Gasteiger partial charge in [0.15, 0.2) is 6.61 Å². The van der Waals surface area contributed by atoms with Crippen LogP contribution in [0.25, 0.3) is 0 Å². The molecule has 0 unspecified atom stereocenters. The molecule has 1 aromatic heterocycles. The average molecular weight is 247 g/mol. The Morgan fingerprint density at radius 3 is 2.89 bits per heavy atom. The maximum Gasteiger partial charge on any atom is 0.226 e. The largest absolute Gasteiger partial charge is 0.485 e. The van der Waals surface area contributed by atoms with Gasteiger partial charge in [0, 0.05) is 18.5 Å². The van der Waals surface area contributed by atoms with Gasteiger partial charge in [-0.3, -0.25) is 0 Å². The van der Waals surface area contributed by atoms with Crippen molar-refractivity contribution in [3.8, 4) is 5.75 Å². The van der Waals surface area contributed by atoms with Crippen LogP contribution in [0.1, 0.15) is 24.2 Å². The van der Waals surface area contributed by atoms with Crippen molar-refractivity contribution in [3.05, 3.63) is 41.5 Å². The van der Waals surface area contributed by atoms with Gasteiger partial charge in [0.2, 0.25) is 11.7 Å². The van der Waals surface area contributed by atoms with Gasteiger partial charge >= 0.3 is 0 Å². The number of aromatic nitrogens is 2. The van der Waals surface area contributed by atoms with Crippen LogP contribution < -0.4 is 10.1 Å². The Morgan fingerprint density at radius 2 is 2.17 bits per heavy atom. The fourth-order valence-corrected chi connectivity index (χ4v) is 1.62. The molecule has 1 aromatic carbocycles. The molecule has 0 fully saturated rings. The fourth-order valence-electron chi connectivity index (χ4n) is 1.62. The van der Waals surface area contributed by atoms with Crippen molar-refractivity contribution >= 4 is 0 Å². The lowest BCUT2D eigenvalue weighted by Crippen LogP contribution is -2.07. The predicted octanol–water partition coefficient (Wildman–Crippen LogP) is 1.93. The second kappa shape index (κ2) is 6.16. The van der Waals surface area contributed by atoms with Gasteiger partial charge in [-0.25, -0.2) is 0 Å². The van der Waals surface area contributed by atoms with E-state index in [0.717, 1.165) is 24.3 Å². The van der Waals surface area contributed by atoms with Crippen LogP contribution in [0.4, 0.5) is 0 Å². The number of para-hydroxylation sites is 1. The molecule has 5 heteroatoms. The molecule has 0 atom stereocenters. The minimum absolute atomic E-state index is 0.324. The van der Waals surface area contributed by atoms with E-state index in [-0.39, 0.29) is 0 Å². The molecule has 0 radical (unpaired) electrons. The fraction of sp³-hybridized carbons (Fsp3) is 0.385. The summed E-state index contributed by atoms with van der Waals surface area (Å²) < 4.78 is 10.7. The molecule has 2 rings (SSSR count). The van der Waals surface area contributed by atoms with E-state index in [1.165, 1.54) is 0 Å². The van der Waals surface area contributed by atoms with E-state index >= 15 is 0 Å². The van der Waals surface area contributed by atoms with E-state index < -0.39 is 0 Å². The highest BCUT2D eigenvalue weighted by Gasteiger charge is 2.07. The van der Waals surface area contributed by atoms with Crippen molar-refractivity contribution in [3.63, 3.8) is 0 Å². The van der Waals surface area contributed by atoms with E-state index in [9.17, 15) is 0 Å². The zero-order valence-electron chi connectivity index (χ0n) is 10.6. The number of ether oxygens (including phenoxy) is 1. The molecule has 2 aromatic rings. The Hall–Kier alpha value is -1.88. The lowest BCUT2D eigenvalue weighted by atomic mass is 10.2. The van der Waals surface area contributed by atoms with Crippen LogP contribution in [-0.4, -0.2) is 17.2 Å². The molecular weight excluding hydrogens is 230 g/mol. The van der Waals surface area contributed by atoms with Gasteiger partial charge in [0.25, 0.3) is 0 Å². The molecule has 0 amide bonds. The van der Waals surface area contributed by atoms with E-state index in [2.05, 4.69) is 15.5 Å². The van der Waals surface area contributed by atoms with Crippen LogP contribution in [0.5, 0.6) is 5.75 Å². The van der Waals surface area contributed by atoms with Crippen molar-refractivity contribution < 1.29 is 9.26 Å². The summed E-state index contributed by atoms with van der Waals surface area (Å²) in [4.78, 5) is 4.20. The third-order valence-electron chi connectivity index (χ3n) is 2.51. The normalized spacial score (nSPS) is 10.6. The van der Waals surface area contributed by atoms with Crippen LogP contribution in [0.15, 0.2) is 28.8 Å². The average Bonchev–Trinajstić information content (AvgIpc) is 2.86. The van der Waals surface area contributed by atoms with Crippen molar-refractivity contribution in [2.75, 3.05) is 7.05 Å². The summed E-state index contributed by atoms with van der Waals surface area (Å²) in [6.07, 6.45) is 0.739. The molecule has 96 valence electrons. The standard InChI is InChI=1S/C13H17N3O2/c1-3-13-15-12(16-18-13)9-17-11-7-5-4-6-10(11)8-14-2/h4-7,14H,3,8-9H2,1-2H3. The summed E-state index contributed by atoms with van der Waals surface area (Å²) in [6.45, 7) is 3.06. The molecule has 0 bridgehead atoms. The zero-order valence-corrected chi connectivity index (χ0v) is 10.6. The van der Waals surface area contributed by atoms with Crippen molar-refractivity contribution in [1.29, 1.82) is 0 Å². The highest BCUT2D eigenvalue weighted by Crippen LogP contribution is 2.18. The Kier molecular flexibility index (Phi) is 4.30. The molecule has 0 aliphatic carbocycles. The lowest BCUT2D eigenvalue weighted by Gasteiger charge is -2.09. The van der Waals surface area contributed by atoms with Gasteiger partial charge in [-0.05, 0) is 13.1 Å². The first kappa shape index (κ1) is 12.6. The minimum atomic E-state index is 0.324. The van der Waals surface area contributed by atoms with Gasteiger partial charge in [0.05, 0.1) is 0 Å². The van der Waals surface area contributed by atoms with E-state index in [1.54, 1.807) is 0 Å². The predicted molar refractivity (Wildman–Crippen MR) is 67.2 cm³/mol. The lowest BCUT2D eigenvalue weighted by molar-refractivity contribution is 0.282. The molecule has 0 saturated carbocycles. The molecule has 0 aliphatic rings. The number of nitrogens with zero attached hydrogens (tertiary/aromatic N) is 2. The van der Waals surface area contributed by atoms with E-state index in [0.29, 0.717) is 18.3 Å². The minimum Gasteiger partial charge on any atom is -0.485 e. The quantitative estimate of drug-likeness (QED) is 0.845. The summed E-state index contributed by atoms with van der Waals surface area (Å²) in [7, 11) is 1.91. The molecule has 0 saturated heterocycles. The number of benzene rings is 1. The Morgan fingerprint density at radius 1 is 1.33 bits per heavy atom. The maximum absolute atomic E-state index is 5.71. The number of hydrogen-bond acceptors (Lipinski definition) is 5. The van der Waals surface area contributed by atoms with Crippen LogP contribution >= 0.6 is 0 Å². The first-order valence-electron chi connectivity index (χ1n) is 6.00. The van der Waals surface area contributed by atoms with Crippen LogP contribution in [-0.2, 0) is 19.6 Å². The topological polar surface area (TPSA) is 60.2 Å². The first-order valence-corrected chi connectivity index (χ1v) is 6.00. The van der Waals surface area contributed by atoms with Crippen molar-refractivity contribution in [1.82, 2.24) is 15.5 Å². The molecule has 0 spiro atoms. The summed E-state index contributed by atoms with van der Waals surface area (Å²) in [5.41, 5.74) is 1.11. The molecule has 5 nitrogen and oxygen atoms in total. The molecule has 18 heavy (non-hydrogen) atoms. The summed E-state index contributed by atoms with van der Waals surface area (Å²) in [6, 6.07) is 7.90. The SMILES string of the molecule is CCc1nc(COc2ccccc2CNC)no1. The van der Waals surface area contributed by atoms with Gasteiger partial charge in [-0.1, -0.05) is 30.3 Å². The Balaban J connectivity index is 2.01. The third kappa shape index (κ3) is 3.07. The van der Waals surface area contributed by atoms with Crippen LogP contribution in [0.3, 0.4) is 0 Å². The highest BCUT2D eigenvalue weighted by molar-refractivity contribution is 5.33. The maximum atomic E-state index is 5.71. The molecule has 0 aliphatic heterocycles. The van der Waals surface area contributed by atoms with E-state index in [4.69, 9.17) is 9.26 Å². The summed E-state index contributed by atoms with van der Waals surface area (Å²) in [5.74, 6) is 2.05. The first-order chi connectivity index (χ1) is 8.83. The monoisotopic (exact) mass is 247 g/mol. The smallest absolute Gasteiger partial charge is 0.226 e. The zero-order chi connectivity index (χ0) is 12.8. The number of hydrogen-bond donors (Lipinski definition) is 1. The summed E-state index contributed by atoms with van der Waals surface area (Å²) >= 11 is 0. The number of aryl methyl sites for hydroxylation is 1. The highest BCUT2D eigenvalue weighted by atomic mass is 16.5. The van der Waals surface area contributed by atoms with Crippen LogP contribution in [0.2, 0.25) is 0 Å². The molecule has 1 heterocycles. The summed E-state index contributed by atoms with van der Waals surface area (Å²) in [5, 5.41) is 6.96. The van der Waals surface area contributed by atoms with Crippen molar-refractivity contribution in [2.24, 2.45) is 0 Å².